The first-order chi connectivity index (χ1) is 13.3. The Balaban J connectivity index is 1.33. The molecule has 138 valence electrons. The molecule has 0 radical (unpaired) electrons. The highest BCUT2D eigenvalue weighted by Crippen LogP contribution is 2.22. The Kier molecular flexibility index (Phi) is 5.09. The third-order valence-electron chi connectivity index (χ3n) is 4.79. The van der Waals surface area contributed by atoms with E-state index < -0.39 is 0 Å². The quantitative estimate of drug-likeness (QED) is 0.755. The Bertz CT molecular complexity index is 868. The number of piperidine rings is 1. The van der Waals surface area contributed by atoms with Crippen molar-refractivity contribution in [3.63, 3.8) is 0 Å². The lowest BCUT2D eigenvalue weighted by Gasteiger charge is -2.28. The van der Waals surface area contributed by atoms with Crippen LogP contribution in [0, 0.1) is 0 Å². The molecule has 1 N–H and O–H groups in total. The van der Waals surface area contributed by atoms with Crippen LogP contribution >= 0.6 is 0 Å². The van der Waals surface area contributed by atoms with E-state index in [-0.39, 0.29) is 5.91 Å². The zero-order chi connectivity index (χ0) is 18.5. The highest BCUT2D eigenvalue weighted by atomic mass is 16.1. The van der Waals surface area contributed by atoms with Crippen LogP contribution in [0.2, 0.25) is 0 Å². The fourth-order valence-corrected chi connectivity index (χ4v) is 3.34. The topological polar surface area (TPSA) is 75.9 Å². The molecule has 0 unspecified atom stereocenters. The summed E-state index contributed by atoms with van der Waals surface area (Å²) in [6, 6.07) is 15.7. The number of hydrogen-bond acceptors (Lipinski definition) is 5. The van der Waals surface area contributed by atoms with E-state index >= 15 is 0 Å². The zero-order valence-electron chi connectivity index (χ0n) is 15.1. The average molecular weight is 362 g/mol. The summed E-state index contributed by atoms with van der Waals surface area (Å²) in [5, 5.41) is 14.0. The predicted octanol–water partition coefficient (Wildman–Crippen LogP) is 2.83. The molecule has 1 aliphatic rings. The molecular weight excluding hydrogens is 340 g/mol. The first-order valence-electron chi connectivity index (χ1n) is 9.25. The minimum absolute atomic E-state index is 0.0316. The van der Waals surface area contributed by atoms with Gasteiger partial charge in [-0.15, -0.1) is 5.10 Å². The van der Waals surface area contributed by atoms with Gasteiger partial charge >= 0.3 is 0 Å². The van der Waals surface area contributed by atoms with Crippen molar-refractivity contribution < 1.29 is 4.79 Å². The molecule has 1 amide bonds. The van der Waals surface area contributed by atoms with E-state index in [1.165, 1.54) is 31.3 Å². The van der Waals surface area contributed by atoms with Crippen molar-refractivity contribution in [2.75, 3.05) is 23.3 Å². The van der Waals surface area contributed by atoms with Crippen molar-refractivity contribution in [3.05, 3.63) is 60.4 Å². The molecule has 1 saturated heterocycles. The van der Waals surface area contributed by atoms with Crippen molar-refractivity contribution in [1.82, 2.24) is 20.2 Å². The Morgan fingerprint density at radius 2 is 1.63 bits per heavy atom. The van der Waals surface area contributed by atoms with Crippen LogP contribution in [-0.2, 0) is 11.2 Å². The van der Waals surface area contributed by atoms with Gasteiger partial charge in [0.05, 0.1) is 12.1 Å². The Labute approximate surface area is 158 Å². The molecule has 0 atom stereocenters. The summed E-state index contributed by atoms with van der Waals surface area (Å²) in [7, 11) is 0. The molecular formula is C20H22N6O. The van der Waals surface area contributed by atoms with Crippen LogP contribution in [0.15, 0.2) is 54.9 Å². The first-order valence-corrected chi connectivity index (χ1v) is 9.25. The van der Waals surface area contributed by atoms with Gasteiger partial charge in [0.25, 0.3) is 0 Å². The van der Waals surface area contributed by atoms with Crippen LogP contribution in [0.4, 0.5) is 11.4 Å². The molecule has 2 aromatic carbocycles. The molecule has 27 heavy (non-hydrogen) atoms. The molecule has 1 aromatic heterocycles. The van der Waals surface area contributed by atoms with Crippen LogP contribution in [0.3, 0.4) is 0 Å². The van der Waals surface area contributed by atoms with Gasteiger partial charge in [0.1, 0.15) is 6.33 Å². The summed E-state index contributed by atoms with van der Waals surface area (Å²) in [5.74, 6) is -0.0316. The fourth-order valence-electron chi connectivity index (χ4n) is 3.34. The molecule has 0 saturated carbocycles. The maximum Gasteiger partial charge on any atom is 0.228 e. The highest BCUT2D eigenvalue weighted by molar-refractivity contribution is 5.92. The van der Waals surface area contributed by atoms with E-state index in [4.69, 9.17) is 0 Å². The second-order valence-electron chi connectivity index (χ2n) is 6.74. The SMILES string of the molecule is O=C(Cc1ccc(-n2cnnn2)cc1)Nc1ccc(N2CCCCC2)cc1. The highest BCUT2D eigenvalue weighted by Gasteiger charge is 2.11. The molecule has 1 aliphatic heterocycles. The van der Waals surface area contributed by atoms with E-state index in [1.54, 1.807) is 4.68 Å². The maximum atomic E-state index is 12.3. The van der Waals surface area contributed by atoms with E-state index in [1.807, 2.05) is 36.4 Å². The summed E-state index contributed by atoms with van der Waals surface area (Å²) in [6.45, 7) is 2.23. The van der Waals surface area contributed by atoms with Gasteiger partial charge in [0.2, 0.25) is 5.91 Å². The molecule has 1 fully saturated rings. The summed E-state index contributed by atoms with van der Waals surface area (Å²) in [6.07, 6.45) is 5.69. The molecule has 0 aliphatic carbocycles. The second-order valence-corrected chi connectivity index (χ2v) is 6.74. The third kappa shape index (κ3) is 4.31. The molecule has 0 spiro atoms. The van der Waals surface area contributed by atoms with Crippen LogP contribution in [0.5, 0.6) is 0 Å². The lowest BCUT2D eigenvalue weighted by molar-refractivity contribution is -0.115. The largest absolute Gasteiger partial charge is 0.372 e. The Hall–Kier alpha value is -3.22. The monoisotopic (exact) mass is 362 g/mol. The standard InChI is InChI=1S/C20H22N6O/c27-20(14-16-4-8-19(9-5-16)26-15-21-23-24-26)22-17-6-10-18(11-7-17)25-12-2-1-3-13-25/h4-11,15H,1-3,12-14H2,(H,22,27). The minimum Gasteiger partial charge on any atom is -0.372 e. The smallest absolute Gasteiger partial charge is 0.228 e. The zero-order valence-corrected chi connectivity index (χ0v) is 15.1. The predicted molar refractivity (Wildman–Crippen MR) is 104 cm³/mol. The lowest BCUT2D eigenvalue weighted by Crippen LogP contribution is -2.29. The van der Waals surface area contributed by atoms with Crippen molar-refractivity contribution >= 4 is 17.3 Å². The number of aromatic nitrogens is 4. The second kappa shape index (κ2) is 7.99. The molecule has 3 aromatic rings. The fraction of sp³-hybridized carbons (Fsp3) is 0.300. The number of nitrogens with one attached hydrogen (secondary N) is 1. The Morgan fingerprint density at radius 1 is 0.926 bits per heavy atom. The first kappa shape index (κ1) is 17.2. The number of anilines is 2. The minimum atomic E-state index is -0.0316. The number of carbonyl (C=O) groups is 1. The van der Waals surface area contributed by atoms with E-state index in [9.17, 15) is 4.79 Å². The normalized spacial score (nSPS) is 14.1. The van der Waals surface area contributed by atoms with Gasteiger partial charge in [-0.05, 0) is 71.7 Å². The number of tetrazole rings is 1. The summed E-state index contributed by atoms with van der Waals surface area (Å²) < 4.78 is 1.58. The van der Waals surface area contributed by atoms with E-state index in [2.05, 4.69) is 37.9 Å². The number of hydrogen-bond donors (Lipinski definition) is 1. The van der Waals surface area contributed by atoms with Crippen LogP contribution < -0.4 is 10.2 Å². The van der Waals surface area contributed by atoms with Crippen LogP contribution in [-0.4, -0.2) is 39.2 Å². The van der Waals surface area contributed by atoms with Gasteiger partial charge in [-0.3, -0.25) is 4.79 Å². The van der Waals surface area contributed by atoms with Gasteiger partial charge in [-0.25, -0.2) is 4.68 Å². The van der Waals surface area contributed by atoms with Gasteiger partial charge in [-0.2, -0.15) is 0 Å². The summed E-state index contributed by atoms with van der Waals surface area (Å²) in [4.78, 5) is 14.7. The van der Waals surface area contributed by atoms with Crippen LogP contribution in [0.1, 0.15) is 24.8 Å². The molecule has 2 heterocycles. The molecule has 7 nitrogen and oxygen atoms in total. The van der Waals surface area contributed by atoms with Gasteiger partial charge in [0.15, 0.2) is 0 Å². The molecule has 7 heteroatoms. The van der Waals surface area contributed by atoms with Gasteiger partial charge < -0.3 is 10.2 Å². The number of nitrogens with zero attached hydrogens (tertiary/aromatic N) is 5. The molecule has 0 bridgehead atoms. The Morgan fingerprint density at radius 3 is 2.30 bits per heavy atom. The summed E-state index contributed by atoms with van der Waals surface area (Å²) >= 11 is 0. The number of amides is 1. The number of benzene rings is 2. The van der Waals surface area contributed by atoms with Gasteiger partial charge in [0, 0.05) is 24.5 Å². The summed E-state index contributed by atoms with van der Waals surface area (Å²) in [5.41, 5.74) is 3.85. The van der Waals surface area contributed by atoms with Gasteiger partial charge in [-0.1, -0.05) is 12.1 Å². The maximum absolute atomic E-state index is 12.3. The molecule has 4 rings (SSSR count). The van der Waals surface area contributed by atoms with Crippen molar-refractivity contribution in [2.45, 2.75) is 25.7 Å². The number of rotatable bonds is 5. The van der Waals surface area contributed by atoms with Crippen molar-refractivity contribution in [3.8, 4) is 5.69 Å². The number of carbonyl (C=O) groups excluding carboxylic acids is 1. The van der Waals surface area contributed by atoms with E-state index in [0.717, 1.165) is 30.0 Å². The van der Waals surface area contributed by atoms with Crippen molar-refractivity contribution in [1.29, 1.82) is 0 Å². The van der Waals surface area contributed by atoms with Crippen LogP contribution in [0.25, 0.3) is 5.69 Å². The average Bonchev–Trinajstić information content (AvgIpc) is 3.25. The van der Waals surface area contributed by atoms with Crippen molar-refractivity contribution in [2.24, 2.45) is 0 Å². The lowest BCUT2D eigenvalue weighted by atomic mass is 10.1. The van der Waals surface area contributed by atoms with E-state index in [0.29, 0.717) is 6.42 Å². The third-order valence-corrected chi connectivity index (χ3v) is 4.79.